The third-order valence-electron chi connectivity index (χ3n) is 13.9. The van der Waals surface area contributed by atoms with Crippen LogP contribution >= 0.6 is 0 Å². The first kappa shape index (κ1) is 63.8. The Bertz CT molecular complexity index is 986. The average Bonchev–Trinajstić information content (AvgIpc) is 3.31. The number of rotatable bonds is 54. The molecule has 6 nitrogen and oxygen atoms in total. The lowest BCUT2D eigenvalue weighted by molar-refractivity contribution is -0.132. The molecule has 0 heterocycles. The largest absolute Gasteiger partial charge is 0.394 e. The number of amides is 1. The Morgan fingerprint density at radius 1 is 0.400 bits per heavy atom. The molecule has 0 radical (unpaired) electrons. The molecule has 4 atom stereocenters. The van der Waals surface area contributed by atoms with Crippen LogP contribution in [-0.4, -0.2) is 57.3 Å². The van der Waals surface area contributed by atoms with Gasteiger partial charge in [0.25, 0.3) is 0 Å². The van der Waals surface area contributed by atoms with E-state index in [-0.39, 0.29) is 0 Å². The van der Waals surface area contributed by atoms with Crippen molar-refractivity contribution >= 4 is 5.91 Å². The molecule has 0 spiro atoms. The Balaban J connectivity index is 3.57. The van der Waals surface area contributed by atoms with E-state index in [0.717, 1.165) is 51.4 Å². The highest BCUT2D eigenvalue weighted by Gasteiger charge is 2.28. The van der Waals surface area contributed by atoms with E-state index in [2.05, 4.69) is 43.5 Å². The summed E-state index contributed by atoms with van der Waals surface area (Å²) in [5, 5.41) is 44.1. The molecule has 0 fully saturated rings. The smallest absolute Gasteiger partial charge is 0.249 e. The molecule has 0 aromatic carbocycles. The fraction of sp³-hybridized carbons (Fsp3) is 0.915. The monoisotopic (exact) mass is 918 g/mol. The number of allylic oxidation sites excluding steroid dienone is 4. The zero-order valence-electron chi connectivity index (χ0n) is 43.8. The van der Waals surface area contributed by atoms with Crippen LogP contribution in [0.4, 0.5) is 0 Å². The number of hydrogen-bond acceptors (Lipinski definition) is 5. The van der Waals surface area contributed by atoms with Gasteiger partial charge in [-0.15, -0.1) is 0 Å². The standard InChI is InChI=1S/C59H115NO5/c1-3-5-7-9-11-13-15-17-19-21-23-25-26-27-28-29-30-31-32-33-35-36-38-40-42-44-46-48-50-52-56(62)58(64)55(54-61)60-59(65)57(63)53-51-49-47-45-43-41-39-37-34-24-22-20-18-16-14-12-10-8-6-4-2/h6,8,12,14,55-58,61-64H,3-5,7,9-11,13,15-54H2,1-2H3,(H,60,65)/b8-6-,14-12-. The van der Waals surface area contributed by atoms with Gasteiger partial charge in [0.15, 0.2) is 0 Å². The summed E-state index contributed by atoms with van der Waals surface area (Å²) in [6, 6.07) is -0.985. The van der Waals surface area contributed by atoms with Gasteiger partial charge in [0.05, 0.1) is 18.8 Å². The summed E-state index contributed by atoms with van der Waals surface area (Å²) in [5.41, 5.74) is 0. The normalized spacial score (nSPS) is 13.9. The fourth-order valence-corrected chi connectivity index (χ4v) is 9.39. The van der Waals surface area contributed by atoms with Gasteiger partial charge in [-0.2, -0.15) is 0 Å². The summed E-state index contributed by atoms with van der Waals surface area (Å²) in [7, 11) is 0. The van der Waals surface area contributed by atoms with E-state index in [0.29, 0.717) is 12.8 Å². The number of carbonyl (C=O) groups is 1. The lowest BCUT2D eigenvalue weighted by Crippen LogP contribution is -2.53. The van der Waals surface area contributed by atoms with E-state index >= 15 is 0 Å². The molecule has 0 aliphatic heterocycles. The third kappa shape index (κ3) is 47.6. The van der Waals surface area contributed by atoms with E-state index in [4.69, 9.17) is 0 Å². The number of nitrogens with one attached hydrogen (secondary N) is 1. The number of aliphatic hydroxyl groups excluding tert-OH is 4. The highest BCUT2D eigenvalue weighted by molar-refractivity contribution is 5.80. The molecule has 0 bridgehead atoms. The molecular weight excluding hydrogens is 803 g/mol. The van der Waals surface area contributed by atoms with Gasteiger partial charge in [-0.05, 0) is 38.5 Å². The van der Waals surface area contributed by atoms with Gasteiger partial charge < -0.3 is 25.7 Å². The molecule has 0 aromatic rings. The molecule has 386 valence electrons. The van der Waals surface area contributed by atoms with Crippen LogP contribution in [-0.2, 0) is 4.79 Å². The van der Waals surface area contributed by atoms with Crippen LogP contribution < -0.4 is 5.32 Å². The van der Waals surface area contributed by atoms with E-state index < -0.39 is 36.9 Å². The van der Waals surface area contributed by atoms with Crippen molar-refractivity contribution in [2.45, 2.75) is 340 Å². The molecule has 0 saturated heterocycles. The number of carbonyl (C=O) groups excluding carboxylic acids is 1. The maximum Gasteiger partial charge on any atom is 0.249 e. The van der Waals surface area contributed by atoms with Crippen LogP contribution in [0.15, 0.2) is 24.3 Å². The quantitative estimate of drug-likeness (QED) is 0.0308. The van der Waals surface area contributed by atoms with E-state index in [9.17, 15) is 25.2 Å². The zero-order chi connectivity index (χ0) is 47.4. The summed E-state index contributed by atoms with van der Waals surface area (Å²) >= 11 is 0. The lowest BCUT2D eigenvalue weighted by atomic mass is 9.99. The minimum Gasteiger partial charge on any atom is -0.394 e. The van der Waals surface area contributed by atoms with Crippen LogP contribution in [0, 0.1) is 0 Å². The number of hydrogen-bond donors (Lipinski definition) is 5. The van der Waals surface area contributed by atoms with Crippen molar-refractivity contribution < 1.29 is 25.2 Å². The Morgan fingerprint density at radius 3 is 1.05 bits per heavy atom. The van der Waals surface area contributed by atoms with E-state index in [1.807, 2.05) is 0 Å². The van der Waals surface area contributed by atoms with Crippen molar-refractivity contribution in [3.63, 3.8) is 0 Å². The van der Waals surface area contributed by atoms with Gasteiger partial charge in [-0.25, -0.2) is 0 Å². The second kappa shape index (κ2) is 53.7. The highest BCUT2D eigenvalue weighted by Crippen LogP contribution is 2.19. The first-order valence-corrected chi connectivity index (χ1v) is 29.2. The van der Waals surface area contributed by atoms with E-state index in [1.165, 1.54) is 238 Å². The molecule has 1 amide bonds. The molecule has 65 heavy (non-hydrogen) atoms. The van der Waals surface area contributed by atoms with Crippen LogP contribution in [0.5, 0.6) is 0 Å². The Kier molecular flexibility index (Phi) is 52.7. The van der Waals surface area contributed by atoms with Crippen molar-refractivity contribution in [1.82, 2.24) is 5.32 Å². The maximum atomic E-state index is 12.6. The van der Waals surface area contributed by atoms with Gasteiger partial charge in [-0.1, -0.05) is 301 Å². The summed E-state index contributed by atoms with van der Waals surface area (Å²) in [6.07, 6.45) is 65.4. The first-order valence-electron chi connectivity index (χ1n) is 29.2. The second-order valence-electron chi connectivity index (χ2n) is 20.3. The van der Waals surface area contributed by atoms with Crippen molar-refractivity contribution in [1.29, 1.82) is 0 Å². The van der Waals surface area contributed by atoms with Gasteiger partial charge in [-0.3, -0.25) is 4.79 Å². The number of aliphatic hydroxyl groups is 4. The van der Waals surface area contributed by atoms with Gasteiger partial charge in [0.1, 0.15) is 12.2 Å². The number of unbranched alkanes of at least 4 members (excludes halogenated alkanes) is 41. The Hall–Kier alpha value is -1.21. The maximum absolute atomic E-state index is 12.6. The fourth-order valence-electron chi connectivity index (χ4n) is 9.39. The van der Waals surface area contributed by atoms with Crippen molar-refractivity contribution in [3.05, 3.63) is 24.3 Å². The van der Waals surface area contributed by atoms with Crippen LogP contribution in [0.1, 0.15) is 316 Å². The SMILES string of the molecule is CC/C=C\C/C=C\CCCCCCCCCCCCCCCC(O)C(=O)NC(CO)C(O)C(O)CCCCCCCCCCCCCCCCCCCCCCCCCCCCCCC. The van der Waals surface area contributed by atoms with Crippen LogP contribution in [0.25, 0.3) is 0 Å². The molecular formula is C59H115NO5. The summed E-state index contributed by atoms with van der Waals surface area (Å²) in [4.78, 5) is 12.6. The molecule has 0 aromatic heterocycles. The van der Waals surface area contributed by atoms with Crippen LogP contribution in [0.3, 0.4) is 0 Å². The van der Waals surface area contributed by atoms with Crippen LogP contribution in [0.2, 0.25) is 0 Å². The molecule has 6 heteroatoms. The molecule has 5 N–H and O–H groups in total. The van der Waals surface area contributed by atoms with E-state index in [1.54, 1.807) is 0 Å². The van der Waals surface area contributed by atoms with Gasteiger partial charge in [0, 0.05) is 0 Å². The molecule has 0 aliphatic rings. The van der Waals surface area contributed by atoms with Crippen molar-refractivity contribution in [2.75, 3.05) is 6.61 Å². The summed E-state index contributed by atoms with van der Waals surface area (Å²) < 4.78 is 0. The van der Waals surface area contributed by atoms with Crippen molar-refractivity contribution in [2.24, 2.45) is 0 Å². The second-order valence-corrected chi connectivity index (χ2v) is 20.3. The highest BCUT2D eigenvalue weighted by atomic mass is 16.3. The Labute approximate surface area is 405 Å². The van der Waals surface area contributed by atoms with Gasteiger partial charge >= 0.3 is 0 Å². The minimum absolute atomic E-state index is 0.370. The van der Waals surface area contributed by atoms with Gasteiger partial charge in [0.2, 0.25) is 5.91 Å². The zero-order valence-corrected chi connectivity index (χ0v) is 43.8. The molecule has 4 unspecified atom stereocenters. The topological polar surface area (TPSA) is 110 Å². The predicted octanol–water partition coefficient (Wildman–Crippen LogP) is 17.0. The third-order valence-corrected chi connectivity index (χ3v) is 13.9. The average molecular weight is 919 g/mol. The lowest BCUT2D eigenvalue weighted by Gasteiger charge is -2.27. The summed E-state index contributed by atoms with van der Waals surface area (Å²) in [6.45, 7) is 3.99. The minimum atomic E-state index is -1.26. The molecule has 0 rings (SSSR count). The first-order chi connectivity index (χ1) is 32.0. The molecule has 0 saturated carbocycles. The predicted molar refractivity (Wildman–Crippen MR) is 284 cm³/mol. The Morgan fingerprint density at radius 2 is 0.708 bits per heavy atom. The van der Waals surface area contributed by atoms with Crippen molar-refractivity contribution in [3.8, 4) is 0 Å². The summed E-state index contributed by atoms with van der Waals surface area (Å²) in [5.74, 6) is -0.580. The molecule has 0 aliphatic carbocycles.